The number of aryl methyl sites for hydroxylation is 2. The summed E-state index contributed by atoms with van der Waals surface area (Å²) in [6, 6.07) is 14.2. The molecule has 24 heavy (non-hydrogen) atoms. The van der Waals surface area contributed by atoms with Crippen molar-refractivity contribution in [1.82, 2.24) is 10.1 Å². The molecule has 1 heterocycles. The van der Waals surface area contributed by atoms with Gasteiger partial charge >= 0.3 is 0 Å². The van der Waals surface area contributed by atoms with Gasteiger partial charge in [0.1, 0.15) is 5.75 Å². The van der Waals surface area contributed by atoms with E-state index in [0.29, 0.717) is 17.6 Å². The highest BCUT2D eigenvalue weighted by Gasteiger charge is 2.11. The minimum atomic E-state index is 0.288. The van der Waals surface area contributed by atoms with E-state index in [1.807, 2.05) is 37.3 Å². The van der Waals surface area contributed by atoms with Crippen LogP contribution in [0, 0.1) is 13.8 Å². The molecule has 124 valence electrons. The first-order valence-electron chi connectivity index (χ1n) is 8.16. The molecule has 4 nitrogen and oxygen atoms in total. The van der Waals surface area contributed by atoms with Crippen LogP contribution < -0.4 is 4.74 Å². The summed E-state index contributed by atoms with van der Waals surface area (Å²) in [5.41, 5.74) is 4.51. The van der Waals surface area contributed by atoms with Gasteiger partial charge in [0.05, 0.1) is 0 Å². The lowest BCUT2D eigenvalue weighted by Crippen LogP contribution is -1.99. The van der Waals surface area contributed by atoms with Crippen molar-refractivity contribution in [2.75, 3.05) is 0 Å². The van der Waals surface area contributed by atoms with Gasteiger partial charge in [-0.1, -0.05) is 43.3 Å². The van der Waals surface area contributed by atoms with E-state index in [1.165, 1.54) is 11.1 Å². The van der Waals surface area contributed by atoms with Crippen molar-refractivity contribution in [3.05, 3.63) is 65.0 Å². The summed E-state index contributed by atoms with van der Waals surface area (Å²) in [6.45, 7) is 8.73. The lowest BCUT2D eigenvalue weighted by atomic mass is 10.0. The molecule has 0 atom stereocenters. The van der Waals surface area contributed by atoms with Crippen LogP contribution in [0.3, 0.4) is 0 Å². The Morgan fingerprint density at radius 2 is 1.88 bits per heavy atom. The monoisotopic (exact) mass is 322 g/mol. The van der Waals surface area contributed by atoms with Gasteiger partial charge in [0, 0.05) is 5.56 Å². The Bertz CT molecular complexity index is 837. The van der Waals surface area contributed by atoms with E-state index in [2.05, 4.69) is 43.0 Å². The van der Waals surface area contributed by atoms with E-state index in [1.54, 1.807) is 0 Å². The van der Waals surface area contributed by atoms with E-state index in [-0.39, 0.29) is 6.61 Å². The van der Waals surface area contributed by atoms with Crippen molar-refractivity contribution >= 4 is 0 Å². The number of benzene rings is 2. The van der Waals surface area contributed by atoms with Crippen LogP contribution in [0.2, 0.25) is 0 Å². The minimum absolute atomic E-state index is 0.288. The Labute approximate surface area is 142 Å². The zero-order valence-corrected chi connectivity index (χ0v) is 14.5. The lowest BCUT2D eigenvalue weighted by Gasteiger charge is -2.10. The SMILES string of the molecule is Cc1cc(OCc2noc(-c3ccccc3C)n2)cc(C(C)C)c1. The van der Waals surface area contributed by atoms with E-state index >= 15 is 0 Å². The second kappa shape index (κ2) is 6.87. The lowest BCUT2D eigenvalue weighted by molar-refractivity contribution is 0.286. The molecule has 0 N–H and O–H groups in total. The van der Waals surface area contributed by atoms with Crippen LogP contribution in [-0.4, -0.2) is 10.1 Å². The first-order chi connectivity index (χ1) is 11.5. The number of nitrogens with zero attached hydrogens (tertiary/aromatic N) is 2. The zero-order valence-electron chi connectivity index (χ0n) is 14.5. The fourth-order valence-electron chi connectivity index (χ4n) is 2.58. The number of rotatable bonds is 5. The smallest absolute Gasteiger partial charge is 0.258 e. The van der Waals surface area contributed by atoms with Gasteiger partial charge in [-0.25, -0.2) is 0 Å². The molecule has 0 aliphatic heterocycles. The number of hydrogen-bond acceptors (Lipinski definition) is 4. The van der Waals surface area contributed by atoms with E-state index in [9.17, 15) is 0 Å². The predicted molar refractivity (Wildman–Crippen MR) is 94.1 cm³/mol. The van der Waals surface area contributed by atoms with Gasteiger partial charge in [-0.3, -0.25) is 0 Å². The van der Waals surface area contributed by atoms with Gasteiger partial charge in [0.2, 0.25) is 5.82 Å². The van der Waals surface area contributed by atoms with E-state index in [4.69, 9.17) is 9.26 Å². The van der Waals surface area contributed by atoms with Crippen LogP contribution in [0.4, 0.5) is 0 Å². The van der Waals surface area contributed by atoms with Crippen molar-refractivity contribution in [2.24, 2.45) is 0 Å². The van der Waals surface area contributed by atoms with Crippen LogP contribution in [0.5, 0.6) is 5.75 Å². The molecule has 4 heteroatoms. The summed E-state index contributed by atoms with van der Waals surface area (Å²) >= 11 is 0. The Hall–Kier alpha value is -2.62. The van der Waals surface area contributed by atoms with Gasteiger partial charge in [0.25, 0.3) is 5.89 Å². The first kappa shape index (κ1) is 16.2. The van der Waals surface area contributed by atoms with Crippen molar-refractivity contribution in [3.8, 4) is 17.2 Å². The highest BCUT2D eigenvalue weighted by molar-refractivity contribution is 5.57. The standard InChI is InChI=1S/C20H22N2O2/c1-13(2)16-9-14(3)10-17(11-16)23-12-19-21-20(24-22-19)18-8-6-5-7-15(18)4/h5-11,13H,12H2,1-4H3. The second-order valence-corrected chi connectivity index (χ2v) is 6.35. The number of hydrogen-bond donors (Lipinski definition) is 0. The molecule has 0 fully saturated rings. The highest BCUT2D eigenvalue weighted by atomic mass is 16.5. The number of aromatic nitrogens is 2. The van der Waals surface area contributed by atoms with Crippen LogP contribution in [-0.2, 0) is 6.61 Å². The van der Waals surface area contributed by atoms with Crippen molar-refractivity contribution in [1.29, 1.82) is 0 Å². The average Bonchev–Trinajstić information content (AvgIpc) is 3.01. The molecule has 3 aromatic rings. The molecule has 0 aliphatic carbocycles. The Morgan fingerprint density at radius 3 is 2.62 bits per heavy atom. The summed E-state index contributed by atoms with van der Waals surface area (Å²) < 4.78 is 11.2. The molecule has 2 aromatic carbocycles. The molecule has 1 aromatic heterocycles. The zero-order chi connectivity index (χ0) is 17.1. The van der Waals surface area contributed by atoms with Crippen LogP contribution in [0.1, 0.15) is 42.3 Å². The molecule has 0 saturated heterocycles. The molecular formula is C20H22N2O2. The van der Waals surface area contributed by atoms with Gasteiger partial charge in [-0.05, 0) is 54.7 Å². The average molecular weight is 322 g/mol. The fraction of sp³-hybridized carbons (Fsp3) is 0.300. The molecule has 0 bridgehead atoms. The van der Waals surface area contributed by atoms with E-state index in [0.717, 1.165) is 16.9 Å². The Balaban J connectivity index is 1.73. The minimum Gasteiger partial charge on any atom is -0.485 e. The molecular weight excluding hydrogens is 300 g/mol. The summed E-state index contributed by atoms with van der Waals surface area (Å²) in [5, 5.41) is 4.02. The highest BCUT2D eigenvalue weighted by Crippen LogP contribution is 2.24. The van der Waals surface area contributed by atoms with Crippen LogP contribution in [0.25, 0.3) is 11.5 Å². The van der Waals surface area contributed by atoms with Gasteiger partial charge < -0.3 is 9.26 Å². The summed E-state index contributed by atoms with van der Waals surface area (Å²) in [6.07, 6.45) is 0. The molecule has 0 radical (unpaired) electrons. The van der Waals surface area contributed by atoms with Crippen LogP contribution in [0.15, 0.2) is 47.0 Å². The Morgan fingerprint density at radius 1 is 1.08 bits per heavy atom. The fourth-order valence-corrected chi connectivity index (χ4v) is 2.58. The maximum absolute atomic E-state index is 5.86. The maximum atomic E-state index is 5.86. The van der Waals surface area contributed by atoms with Gasteiger partial charge in [0.15, 0.2) is 6.61 Å². The first-order valence-corrected chi connectivity index (χ1v) is 8.16. The molecule has 0 unspecified atom stereocenters. The third-order valence-electron chi connectivity index (χ3n) is 3.95. The van der Waals surface area contributed by atoms with Crippen LogP contribution >= 0.6 is 0 Å². The summed E-state index contributed by atoms with van der Waals surface area (Å²) in [7, 11) is 0. The third kappa shape index (κ3) is 3.65. The third-order valence-corrected chi connectivity index (χ3v) is 3.95. The molecule has 3 rings (SSSR count). The summed E-state index contributed by atoms with van der Waals surface area (Å²) in [4.78, 5) is 4.43. The van der Waals surface area contributed by atoms with Crippen molar-refractivity contribution in [2.45, 2.75) is 40.2 Å². The maximum Gasteiger partial charge on any atom is 0.258 e. The summed E-state index contributed by atoms with van der Waals surface area (Å²) in [5.74, 6) is 2.37. The molecule has 0 amide bonds. The van der Waals surface area contributed by atoms with Gasteiger partial charge in [-0.15, -0.1) is 0 Å². The van der Waals surface area contributed by atoms with Crippen molar-refractivity contribution in [3.63, 3.8) is 0 Å². The molecule has 0 saturated carbocycles. The van der Waals surface area contributed by atoms with Gasteiger partial charge in [-0.2, -0.15) is 4.98 Å². The normalized spacial score (nSPS) is 11.0. The number of ether oxygens (including phenoxy) is 1. The largest absolute Gasteiger partial charge is 0.485 e. The van der Waals surface area contributed by atoms with Crippen molar-refractivity contribution < 1.29 is 9.26 Å². The molecule has 0 aliphatic rings. The Kier molecular flexibility index (Phi) is 4.65. The second-order valence-electron chi connectivity index (χ2n) is 6.35. The quantitative estimate of drug-likeness (QED) is 0.659. The predicted octanol–water partition coefficient (Wildman–Crippen LogP) is 5.06. The van der Waals surface area contributed by atoms with E-state index < -0.39 is 0 Å². The molecule has 0 spiro atoms. The topological polar surface area (TPSA) is 48.2 Å².